The third-order valence-electron chi connectivity index (χ3n) is 6.21. The maximum atomic E-state index is 13.6. The van der Waals surface area contributed by atoms with Gasteiger partial charge in [0.25, 0.3) is 0 Å². The van der Waals surface area contributed by atoms with Gasteiger partial charge in [0, 0.05) is 53.8 Å². The first kappa shape index (κ1) is 16.5. The highest BCUT2D eigenvalue weighted by Crippen LogP contribution is 2.40. The number of anilines is 2. The smallest absolute Gasteiger partial charge is 0.322 e. The molecular formula is C23H26ClFN6O2. The summed E-state index contributed by atoms with van der Waals surface area (Å²) < 4.78 is 64.6. The number of hydrogen-bond donors (Lipinski definition) is 1. The fraction of sp³-hybridized carbons (Fsp3) is 0.435. The first-order valence-corrected chi connectivity index (χ1v) is 11.0. The molecule has 10 heteroatoms. The van der Waals surface area contributed by atoms with Crippen LogP contribution in [0.25, 0.3) is 0 Å². The summed E-state index contributed by atoms with van der Waals surface area (Å²) in [6.07, 6.45) is 3.68. The van der Waals surface area contributed by atoms with Crippen molar-refractivity contribution in [2.45, 2.75) is 32.2 Å². The van der Waals surface area contributed by atoms with E-state index in [1.54, 1.807) is 13.3 Å². The summed E-state index contributed by atoms with van der Waals surface area (Å²) in [5.74, 6) is 0.483. The summed E-state index contributed by atoms with van der Waals surface area (Å²) in [5, 5.41) is 7.26. The Morgan fingerprint density at radius 2 is 2.09 bits per heavy atom. The first-order chi connectivity index (χ1) is 18.0. The number of ether oxygens (including phenoxy) is 2. The monoisotopic (exact) mass is 477 g/mol. The van der Waals surface area contributed by atoms with Crippen molar-refractivity contribution in [3.8, 4) is 17.6 Å². The summed E-state index contributed by atoms with van der Waals surface area (Å²) in [6, 6.07) is 7.00. The molecule has 5 rings (SSSR count). The predicted molar refractivity (Wildman–Crippen MR) is 124 cm³/mol. The van der Waals surface area contributed by atoms with Crippen LogP contribution < -0.4 is 19.7 Å². The van der Waals surface area contributed by atoms with E-state index in [9.17, 15) is 4.39 Å². The average molecular weight is 478 g/mol. The Labute approximate surface area is 203 Å². The zero-order chi connectivity index (χ0) is 27.2. The number of methoxy groups -OCH3 is 1. The molecule has 1 aromatic carbocycles. The Morgan fingerprint density at radius 3 is 2.82 bits per heavy atom. The quantitative estimate of drug-likeness (QED) is 0.532. The van der Waals surface area contributed by atoms with Gasteiger partial charge in [-0.1, -0.05) is 11.6 Å². The van der Waals surface area contributed by atoms with Gasteiger partial charge < -0.3 is 19.7 Å². The minimum Gasteiger partial charge on any atom is -0.481 e. The van der Waals surface area contributed by atoms with E-state index >= 15 is 0 Å². The molecule has 0 unspecified atom stereocenters. The highest BCUT2D eigenvalue weighted by molar-refractivity contribution is 6.30. The van der Waals surface area contributed by atoms with Gasteiger partial charge in [-0.05, 0) is 49.7 Å². The molecule has 174 valence electrons. The third kappa shape index (κ3) is 4.42. The second kappa shape index (κ2) is 9.05. The van der Waals surface area contributed by atoms with Gasteiger partial charge in [-0.2, -0.15) is 4.98 Å². The molecule has 2 fully saturated rings. The minimum absolute atomic E-state index is 0.00224. The van der Waals surface area contributed by atoms with Crippen LogP contribution in [0.3, 0.4) is 0 Å². The second-order valence-corrected chi connectivity index (χ2v) is 8.56. The Balaban J connectivity index is 1.39. The van der Waals surface area contributed by atoms with Crippen LogP contribution in [0.5, 0.6) is 17.6 Å². The molecule has 1 saturated heterocycles. The summed E-state index contributed by atoms with van der Waals surface area (Å²) >= 11 is 5.84. The lowest BCUT2D eigenvalue weighted by atomic mass is 9.92. The van der Waals surface area contributed by atoms with Crippen LogP contribution in [-0.2, 0) is 6.50 Å². The van der Waals surface area contributed by atoms with Gasteiger partial charge in [0.05, 0.1) is 14.9 Å². The molecule has 1 N–H and O–H groups in total. The molecular weight excluding hydrogens is 447 g/mol. The molecule has 2 aromatic heterocycles. The first-order valence-electron chi connectivity index (χ1n) is 13.1. The lowest BCUT2D eigenvalue weighted by Gasteiger charge is -2.39. The molecule has 1 aliphatic carbocycles. The average Bonchev–Trinajstić information content (AvgIpc) is 3.36. The zero-order valence-electron chi connectivity index (χ0n) is 22.8. The molecule has 0 spiro atoms. The number of hydrogen-bond acceptors (Lipinski definition) is 7. The standard InChI is InChI=1S/C23H26ClFN6O2/c1-3-31-23(33-17-6-7-19(25)18(24)11-17)28-22(29-31)27-21-14-4-5-15(21)13-30(12-14)16-8-9-26-20(10-16)32-2/h6-11,14-15,21H,3-5,12-13H2,1-2H3,(H,27,29)/t14-,15+,21+/i1D3,3D2. The number of aromatic nitrogens is 4. The number of nitrogens with zero attached hydrogens (tertiary/aromatic N) is 5. The van der Waals surface area contributed by atoms with Crippen LogP contribution in [-0.4, -0.2) is 46.0 Å². The van der Waals surface area contributed by atoms with E-state index in [2.05, 4.69) is 25.3 Å². The van der Waals surface area contributed by atoms with Gasteiger partial charge in [0.2, 0.25) is 11.8 Å². The molecule has 1 aliphatic heterocycles. The molecule has 2 aliphatic rings. The molecule has 8 nitrogen and oxygen atoms in total. The van der Waals surface area contributed by atoms with Crippen molar-refractivity contribution in [3.63, 3.8) is 0 Å². The van der Waals surface area contributed by atoms with Crippen molar-refractivity contribution in [1.29, 1.82) is 0 Å². The normalized spacial score (nSPS) is 24.9. The van der Waals surface area contributed by atoms with Crippen LogP contribution in [0.2, 0.25) is 5.02 Å². The van der Waals surface area contributed by atoms with Gasteiger partial charge >= 0.3 is 6.01 Å². The Hall–Kier alpha value is -3.07. The molecule has 1 saturated carbocycles. The number of benzene rings is 1. The molecule has 0 amide bonds. The van der Waals surface area contributed by atoms with Gasteiger partial charge in [-0.25, -0.2) is 14.1 Å². The largest absolute Gasteiger partial charge is 0.481 e. The number of pyridine rings is 1. The van der Waals surface area contributed by atoms with E-state index < -0.39 is 25.2 Å². The van der Waals surface area contributed by atoms with E-state index in [1.165, 1.54) is 12.1 Å². The van der Waals surface area contributed by atoms with E-state index in [-0.39, 0.29) is 34.6 Å². The maximum Gasteiger partial charge on any atom is 0.322 e. The van der Waals surface area contributed by atoms with Crippen molar-refractivity contribution < 1.29 is 20.7 Å². The number of nitrogens with one attached hydrogen (secondary N) is 1. The maximum absolute atomic E-state index is 13.6. The Bertz CT molecular complexity index is 1310. The fourth-order valence-electron chi connectivity index (χ4n) is 4.67. The van der Waals surface area contributed by atoms with Crippen molar-refractivity contribution in [3.05, 3.63) is 47.4 Å². The summed E-state index contributed by atoms with van der Waals surface area (Å²) in [7, 11) is 1.58. The summed E-state index contributed by atoms with van der Waals surface area (Å²) in [5.41, 5.74) is 1.02. The second-order valence-electron chi connectivity index (χ2n) is 8.15. The highest BCUT2D eigenvalue weighted by Gasteiger charge is 2.42. The summed E-state index contributed by atoms with van der Waals surface area (Å²) in [4.78, 5) is 10.7. The van der Waals surface area contributed by atoms with Crippen molar-refractivity contribution >= 4 is 23.2 Å². The minimum atomic E-state index is -3.06. The van der Waals surface area contributed by atoms with Crippen molar-refractivity contribution in [2.24, 2.45) is 11.8 Å². The Kier molecular flexibility index (Phi) is 4.53. The number of fused-ring (bicyclic) bond motifs is 2. The summed E-state index contributed by atoms with van der Waals surface area (Å²) in [6.45, 7) is -4.44. The molecule has 3 aromatic rings. The van der Waals surface area contributed by atoms with Crippen LogP contribution in [0.1, 0.15) is 26.5 Å². The Morgan fingerprint density at radius 1 is 1.27 bits per heavy atom. The molecule has 2 bridgehead atoms. The topological polar surface area (TPSA) is 77.3 Å². The SMILES string of the molecule is [2H]C([2H])([2H])C([2H])([2H])n1nc(N[C@H]2[C@@H]3CC[C@H]2CN(c2ccnc(OC)c2)C3)nc1Oc1ccc(F)c(Cl)c1. The van der Waals surface area contributed by atoms with Crippen LogP contribution >= 0.6 is 11.6 Å². The molecule has 3 heterocycles. The fourth-order valence-corrected chi connectivity index (χ4v) is 4.84. The van der Waals surface area contributed by atoms with E-state index in [1.807, 2.05) is 12.1 Å². The van der Waals surface area contributed by atoms with Gasteiger partial charge in [0.15, 0.2) is 0 Å². The lowest BCUT2D eigenvalue weighted by Crippen LogP contribution is -2.48. The van der Waals surface area contributed by atoms with Gasteiger partial charge in [-0.3, -0.25) is 0 Å². The van der Waals surface area contributed by atoms with Gasteiger partial charge in [0.1, 0.15) is 11.6 Å². The number of rotatable bonds is 7. The van der Waals surface area contributed by atoms with Crippen LogP contribution in [0, 0.1) is 17.7 Å². The number of piperidine rings is 1. The van der Waals surface area contributed by atoms with E-state index in [4.69, 9.17) is 27.9 Å². The lowest BCUT2D eigenvalue weighted by molar-refractivity contribution is 0.374. The highest BCUT2D eigenvalue weighted by atomic mass is 35.5. The molecule has 33 heavy (non-hydrogen) atoms. The van der Waals surface area contributed by atoms with Crippen LogP contribution in [0.15, 0.2) is 36.5 Å². The van der Waals surface area contributed by atoms with Crippen LogP contribution in [0.4, 0.5) is 16.0 Å². The number of halogens is 2. The predicted octanol–water partition coefficient (Wildman–Crippen LogP) is 4.61. The third-order valence-corrected chi connectivity index (χ3v) is 6.50. The van der Waals surface area contributed by atoms with Crippen molar-refractivity contribution in [1.82, 2.24) is 19.7 Å². The van der Waals surface area contributed by atoms with E-state index in [0.29, 0.717) is 10.6 Å². The molecule has 0 radical (unpaired) electrons. The van der Waals surface area contributed by atoms with Gasteiger partial charge in [-0.15, -0.1) is 5.10 Å². The zero-order valence-corrected chi connectivity index (χ0v) is 18.6. The van der Waals surface area contributed by atoms with Crippen molar-refractivity contribution in [2.75, 3.05) is 30.4 Å². The number of aryl methyl sites for hydroxylation is 1. The molecule has 3 atom stereocenters. The van der Waals surface area contributed by atoms with E-state index in [0.717, 1.165) is 37.7 Å².